The van der Waals surface area contributed by atoms with Gasteiger partial charge in [-0.3, -0.25) is 10.2 Å². The van der Waals surface area contributed by atoms with E-state index in [1.165, 1.54) is 11.3 Å². The molecule has 1 aliphatic heterocycles. The number of rotatable bonds is 5. The van der Waals surface area contributed by atoms with Crippen molar-refractivity contribution in [2.24, 2.45) is 5.84 Å². The number of hydrogen-bond acceptors (Lipinski definition) is 3. The molecule has 0 aromatic heterocycles. The maximum absolute atomic E-state index is 11.0. The largest absolute Gasteiger partial charge is 0.371 e. The highest BCUT2D eigenvalue weighted by atomic mass is 16.2. The van der Waals surface area contributed by atoms with E-state index in [0.29, 0.717) is 6.42 Å². The normalized spacial score (nSPS) is 13.6. The van der Waals surface area contributed by atoms with E-state index < -0.39 is 0 Å². The summed E-state index contributed by atoms with van der Waals surface area (Å²) in [4.78, 5) is 13.4. The summed E-state index contributed by atoms with van der Waals surface area (Å²) in [5.74, 6) is 4.95. The molecule has 17 heavy (non-hydrogen) atoms. The van der Waals surface area contributed by atoms with E-state index in [-0.39, 0.29) is 5.91 Å². The van der Waals surface area contributed by atoms with Gasteiger partial charge >= 0.3 is 0 Å². The van der Waals surface area contributed by atoms with Crippen LogP contribution in [0.3, 0.4) is 0 Å². The first kappa shape index (κ1) is 11.9. The van der Waals surface area contributed by atoms with Gasteiger partial charge in [-0.05, 0) is 30.9 Å². The number of carbonyl (C=O) groups is 1. The number of unbranched alkanes of at least 4 members (excludes halogenated alkanes) is 1. The Kier molecular flexibility index (Phi) is 3.98. The molecular weight excluding hydrogens is 214 g/mol. The molecule has 0 spiro atoms. The summed E-state index contributed by atoms with van der Waals surface area (Å²) < 4.78 is 0. The van der Waals surface area contributed by atoms with E-state index in [1.807, 2.05) is 0 Å². The smallest absolute Gasteiger partial charge is 0.233 e. The molecule has 3 N–H and O–H groups in total. The molecule has 4 nitrogen and oxygen atoms in total. The van der Waals surface area contributed by atoms with Gasteiger partial charge in [-0.2, -0.15) is 0 Å². The SMILES string of the molecule is NNC(=O)CCCCN1CCc2ccccc21. The maximum atomic E-state index is 11.0. The van der Waals surface area contributed by atoms with Gasteiger partial charge in [-0.15, -0.1) is 0 Å². The molecule has 2 rings (SSSR count). The number of amides is 1. The molecule has 1 aromatic carbocycles. The first-order valence-electron chi connectivity index (χ1n) is 6.13. The molecule has 4 heteroatoms. The van der Waals surface area contributed by atoms with Crippen LogP contribution in [0.25, 0.3) is 0 Å². The third kappa shape index (κ3) is 2.97. The lowest BCUT2D eigenvalue weighted by molar-refractivity contribution is -0.121. The molecule has 1 amide bonds. The van der Waals surface area contributed by atoms with Crippen LogP contribution in [-0.2, 0) is 11.2 Å². The average Bonchev–Trinajstić information content (AvgIpc) is 2.78. The van der Waals surface area contributed by atoms with Crippen molar-refractivity contribution in [2.75, 3.05) is 18.0 Å². The number of hydrazine groups is 1. The summed E-state index contributed by atoms with van der Waals surface area (Å²) in [6.07, 6.45) is 3.58. The molecule has 0 aliphatic carbocycles. The van der Waals surface area contributed by atoms with Gasteiger partial charge in [-0.1, -0.05) is 18.2 Å². The lowest BCUT2D eigenvalue weighted by atomic mass is 10.2. The molecule has 0 fully saturated rings. The summed E-state index contributed by atoms with van der Waals surface area (Å²) in [7, 11) is 0. The Morgan fingerprint density at radius 2 is 2.18 bits per heavy atom. The lowest BCUT2D eigenvalue weighted by Gasteiger charge is -2.18. The number of hydrogen-bond donors (Lipinski definition) is 2. The molecule has 0 bridgehead atoms. The molecule has 0 unspecified atom stereocenters. The maximum Gasteiger partial charge on any atom is 0.233 e. The van der Waals surface area contributed by atoms with Crippen LogP contribution in [0.5, 0.6) is 0 Å². The molecule has 1 aromatic rings. The summed E-state index contributed by atoms with van der Waals surface area (Å²) >= 11 is 0. The van der Waals surface area contributed by atoms with Gasteiger partial charge in [0.2, 0.25) is 5.91 Å². The topological polar surface area (TPSA) is 58.4 Å². The van der Waals surface area contributed by atoms with E-state index in [2.05, 4.69) is 34.6 Å². The first-order valence-corrected chi connectivity index (χ1v) is 6.13. The highest BCUT2D eigenvalue weighted by molar-refractivity contribution is 5.75. The summed E-state index contributed by atoms with van der Waals surface area (Å²) in [6, 6.07) is 8.54. The Balaban J connectivity index is 1.76. The second kappa shape index (κ2) is 5.68. The van der Waals surface area contributed by atoms with Crippen molar-refractivity contribution >= 4 is 11.6 Å². The summed E-state index contributed by atoms with van der Waals surface area (Å²) in [6.45, 7) is 2.12. The van der Waals surface area contributed by atoms with Crippen LogP contribution < -0.4 is 16.2 Å². The van der Waals surface area contributed by atoms with E-state index in [4.69, 9.17) is 5.84 Å². The van der Waals surface area contributed by atoms with E-state index in [0.717, 1.165) is 32.4 Å². The summed E-state index contributed by atoms with van der Waals surface area (Å²) in [5, 5.41) is 0. The Hall–Kier alpha value is -1.55. The van der Waals surface area contributed by atoms with Crippen molar-refractivity contribution in [3.05, 3.63) is 29.8 Å². The van der Waals surface area contributed by atoms with Crippen LogP contribution in [0, 0.1) is 0 Å². The van der Waals surface area contributed by atoms with E-state index in [1.54, 1.807) is 0 Å². The predicted octanol–water partition coefficient (Wildman–Crippen LogP) is 1.21. The van der Waals surface area contributed by atoms with Gasteiger partial charge in [0.25, 0.3) is 0 Å². The molecule has 0 saturated heterocycles. The average molecular weight is 233 g/mol. The van der Waals surface area contributed by atoms with Crippen molar-refractivity contribution in [2.45, 2.75) is 25.7 Å². The zero-order valence-electron chi connectivity index (χ0n) is 9.98. The van der Waals surface area contributed by atoms with E-state index >= 15 is 0 Å². The van der Waals surface area contributed by atoms with Gasteiger partial charge in [0.05, 0.1) is 0 Å². The quantitative estimate of drug-likeness (QED) is 0.348. The number of fused-ring (bicyclic) bond motifs is 1. The minimum atomic E-state index is -0.0770. The Morgan fingerprint density at radius 3 is 3.00 bits per heavy atom. The zero-order chi connectivity index (χ0) is 12.1. The number of anilines is 1. The predicted molar refractivity (Wildman–Crippen MR) is 68.5 cm³/mol. The van der Waals surface area contributed by atoms with Crippen molar-refractivity contribution in [3.63, 3.8) is 0 Å². The van der Waals surface area contributed by atoms with Crippen LogP contribution in [0.4, 0.5) is 5.69 Å². The second-order valence-electron chi connectivity index (χ2n) is 4.39. The van der Waals surface area contributed by atoms with Crippen LogP contribution >= 0.6 is 0 Å². The molecular formula is C13H19N3O. The minimum Gasteiger partial charge on any atom is -0.371 e. The fourth-order valence-corrected chi connectivity index (χ4v) is 2.30. The second-order valence-corrected chi connectivity index (χ2v) is 4.39. The van der Waals surface area contributed by atoms with Crippen molar-refractivity contribution in [1.82, 2.24) is 5.43 Å². The third-order valence-electron chi connectivity index (χ3n) is 3.23. The Labute approximate surface area is 102 Å². The number of carbonyl (C=O) groups excluding carboxylic acids is 1. The van der Waals surface area contributed by atoms with Gasteiger partial charge in [0.1, 0.15) is 0 Å². The highest BCUT2D eigenvalue weighted by Gasteiger charge is 2.17. The zero-order valence-corrected chi connectivity index (χ0v) is 9.98. The lowest BCUT2D eigenvalue weighted by Crippen LogP contribution is -2.30. The molecule has 1 heterocycles. The number of para-hydroxylation sites is 1. The molecule has 0 saturated carbocycles. The summed E-state index contributed by atoms with van der Waals surface area (Å²) in [5.41, 5.74) is 4.95. The van der Waals surface area contributed by atoms with Crippen molar-refractivity contribution in [3.8, 4) is 0 Å². The van der Waals surface area contributed by atoms with Crippen LogP contribution in [0.15, 0.2) is 24.3 Å². The minimum absolute atomic E-state index is 0.0770. The monoisotopic (exact) mass is 233 g/mol. The van der Waals surface area contributed by atoms with Gasteiger partial charge < -0.3 is 4.90 Å². The van der Waals surface area contributed by atoms with E-state index in [9.17, 15) is 4.79 Å². The number of nitrogens with two attached hydrogens (primary N) is 1. The third-order valence-corrected chi connectivity index (χ3v) is 3.23. The Morgan fingerprint density at radius 1 is 1.35 bits per heavy atom. The highest BCUT2D eigenvalue weighted by Crippen LogP contribution is 2.27. The van der Waals surface area contributed by atoms with Crippen LogP contribution in [0.2, 0.25) is 0 Å². The number of benzene rings is 1. The fourth-order valence-electron chi connectivity index (χ4n) is 2.30. The molecule has 92 valence electrons. The Bertz CT molecular complexity index is 392. The number of nitrogens with zero attached hydrogens (tertiary/aromatic N) is 1. The molecule has 1 aliphatic rings. The van der Waals surface area contributed by atoms with Crippen LogP contribution in [-0.4, -0.2) is 19.0 Å². The van der Waals surface area contributed by atoms with Gasteiger partial charge in [0.15, 0.2) is 0 Å². The van der Waals surface area contributed by atoms with Gasteiger partial charge in [-0.25, -0.2) is 5.84 Å². The number of nitrogens with one attached hydrogen (secondary N) is 1. The molecule has 0 radical (unpaired) electrons. The van der Waals surface area contributed by atoms with Crippen molar-refractivity contribution in [1.29, 1.82) is 0 Å². The first-order chi connectivity index (χ1) is 8.31. The van der Waals surface area contributed by atoms with Crippen LogP contribution in [0.1, 0.15) is 24.8 Å². The van der Waals surface area contributed by atoms with Crippen molar-refractivity contribution < 1.29 is 4.79 Å². The molecule has 0 atom stereocenters. The standard InChI is InChI=1S/C13H19N3O/c14-15-13(17)7-3-4-9-16-10-8-11-5-1-2-6-12(11)16/h1-2,5-6H,3-4,7-10,14H2,(H,15,17). The van der Waals surface area contributed by atoms with Gasteiger partial charge in [0, 0.05) is 25.2 Å². The fraction of sp³-hybridized carbons (Fsp3) is 0.462.